The van der Waals surface area contributed by atoms with Crippen LogP contribution in [0.1, 0.15) is 36.1 Å². The Kier molecular flexibility index (Phi) is 7.10. The largest absolute Gasteiger partial charge is 0.378 e. The van der Waals surface area contributed by atoms with Crippen molar-refractivity contribution in [3.05, 3.63) is 58.8 Å². The van der Waals surface area contributed by atoms with E-state index in [1.165, 1.54) is 16.7 Å². The number of benzene rings is 1. The second kappa shape index (κ2) is 10.2. The highest BCUT2D eigenvalue weighted by Gasteiger charge is 2.20. The topological polar surface area (TPSA) is 53.0 Å². The number of aliphatic imine (C=N–C) groups is 1. The van der Waals surface area contributed by atoms with Gasteiger partial charge in [0, 0.05) is 50.0 Å². The van der Waals surface area contributed by atoms with Gasteiger partial charge in [-0.15, -0.1) is 0 Å². The normalized spacial score (nSPS) is 16.1. The second-order valence-electron chi connectivity index (χ2n) is 7.86. The fourth-order valence-corrected chi connectivity index (χ4v) is 4.13. The molecule has 3 heterocycles. The van der Waals surface area contributed by atoms with E-state index in [0.29, 0.717) is 0 Å². The summed E-state index contributed by atoms with van der Waals surface area (Å²) in [7, 11) is 0. The number of hydrogen-bond acceptors (Lipinski definition) is 6. The molecular formula is C24H33N5O. The van der Waals surface area contributed by atoms with Crippen LogP contribution in [0, 0.1) is 0 Å². The minimum absolute atomic E-state index is 0.759. The number of fused-ring (bicyclic) bond motifs is 1. The molecule has 0 amide bonds. The minimum Gasteiger partial charge on any atom is -0.378 e. The number of aromatic nitrogens is 1. The van der Waals surface area contributed by atoms with Crippen LogP contribution in [0.2, 0.25) is 0 Å². The highest BCUT2D eigenvalue weighted by Crippen LogP contribution is 2.26. The number of rotatable bonds is 9. The van der Waals surface area contributed by atoms with E-state index in [1.807, 2.05) is 6.20 Å². The van der Waals surface area contributed by atoms with Crippen molar-refractivity contribution in [1.29, 1.82) is 0 Å². The number of nitrogens with zero attached hydrogens (tertiary/aromatic N) is 4. The number of morpholine rings is 1. The average molecular weight is 408 g/mol. The van der Waals surface area contributed by atoms with Crippen molar-refractivity contribution < 1.29 is 4.74 Å². The van der Waals surface area contributed by atoms with E-state index in [4.69, 9.17) is 9.73 Å². The van der Waals surface area contributed by atoms with Gasteiger partial charge in [-0.2, -0.15) is 0 Å². The summed E-state index contributed by atoms with van der Waals surface area (Å²) >= 11 is 0. The molecule has 6 heteroatoms. The third kappa shape index (κ3) is 4.89. The maximum atomic E-state index is 5.48. The van der Waals surface area contributed by atoms with Gasteiger partial charge in [0.1, 0.15) is 5.82 Å². The number of nitrogens with one attached hydrogen (secondary N) is 1. The van der Waals surface area contributed by atoms with Gasteiger partial charge in [-0.25, -0.2) is 4.98 Å². The van der Waals surface area contributed by atoms with Gasteiger partial charge in [-0.05, 0) is 42.4 Å². The fourth-order valence-electron chi connectivity index (χ4n) is 4.13. The quantitative estimate of drug-likeness (QED) is 0.648. The highest BCUT2D eigenvalue weighted by atomic mass is 16.5. The molecule has 1 N–H and O–H groups in total. The van der Waals surface area contributed by atoms with Crippen molar-refractivity contribution in [2.75, 3.05) is 57.4 Å². The van der Waals surface area contributed by atoms with Gasteiger partial charge in [0.25, 0.3) is 0 Å². The van der Waals surface area contributed by atoms with E-state index < -0.39 is 0 Å². The molecule has 0 atom stereocenters. The molecule has 0 bridgehead atoms. The maximum Gasteiger partial charge on any atom is 0.129 e. The van der Waals surface area contributed by atoms with E-state index in [0.717, 1.165) is 82.7 Å². The van der Waals surface area contributed by atoms with Crippen LogP contribution in [-0.2, 0) is 17.8 Å². The van der Waals surface area contributed by atoms with Crippen LogP contribution in [-0.4, -0.2) is 68.1 Å². The maximum absolute atomic E-state index is 5.48. The van der Waals surface area contributed by atoms with Crippen LogP contribution in [0.15, 0.2) is 41.5 Å². The molecule has 1 fully saturated rings. The third-order valence-corrected chi connectivity index (χ3v) is 6.02. The summed E-state index contributed by atoms with van der Waals surface area (Å²) < 4.78 is 5.48. The van der Waals surface area contributed by atoms with E-state index in [1.54, 1.807) is 0 Å². The van der Waals surface area contributed by atoms with Gasteiger partial charge in [-0.3, -0.25) is 4.99 Å². The summed E-state index contributed by atoms with van der Waals surface area (Å²) in [5.41, 5.74) is 6.12. The van der Waals surface area contributed by atoms with Crippen LogP contribution >= 0.6 is 0 Å². The van der Waals surface area contributed by atoms with Crippen molar-refractivity contribution in [3.8, 4) is 0 Å². The molecular weight excluding hydrogens is 374 g/mol. The van der Waals surface area contributed by atoms with Gasteiger partial charge >= 0.3 is 0 Å². The predicted molar refractivity (Wildman–Crippen MR) is 123 cm³/mol. The lowest BCUT2D eigenvalue weighted by molar-refractivity contribution is 0.122. The number of hydrogen-bond donors (Lipinski definition) is 1. The van der Waals surface area contributed by atoms with E-state index in [-0.39, 0.29) is 0 Å². The zero-order valence-corrected chi connectivity index (χ0v) is 18.2. The number of pyridine rings is 1. The lowest BCUT2D eigenvalue weighted by atomic mass is 9.98. The molecule has 160 valence electrons. The van der Waals surface area contributed by atoms with Gasteiger partial charge in [0.05, 0.1) is 25.5 Å². The van der Waals surface area contributed by atoms with E-state index >= 15 is 0 Å². The van der Waals surface area contributed by atoms with Gasteiger partial charge in [0.2, 0.25) is 0 Å². The smallest absolute Gasteiger partial charge is 0.129 e. The highest BCUT2D eigenvalue weighted by molar-refractivity contribution is 6.15. The lowest BCUT2D eigenvalue weighted by Crippen LogP contribution is -2.36. The first kappa shape index (κ1) is 21.0. The van der Waals surface area contributed by atoms with E-state index in [2.05, 4.69) is 64.3 Å². The summed E-state index contributed by atoms with van der Waals surface area (Å²) in [6.07, 6.45) is 1.90. The fraction of sp³-hybridized carbons (Fsp3) is 0.500. The van der Waals surface area contributed by atoms with Crippen LogP contribution in [0.3, 0.4) is 0 Å². The average Bonchev–Trinajstić information content (AvgIpc) is 3.23. The molecule has 0 spiro atoms. The Morgan fingerprint density at radius 1 is 1.10 bits per heavy atom. The van der Waals surface area contributed by atoms with Crippen molar-refractivity contribution in [2.45, 2.75) is 26.9 Å². The molecule has 0 unspecified atom stereocenters. The molecule has 1 aromatic carbocycles. The molecule has 2 aliphatic rings. The summed E-state index contributed by atoms with van der Waals surface area (Å²) in [5, 5.41) is 3.59. The zero-order chi connectivity index (χ0) is 20.8. The third-order valence-electron chi connectivity index (χ3n) is 6.02. The van der Waals surface area contributed by atoms with Gasteiger partial charge in [-0.1, -0.05) is 26.0 Å². The lowest BCUT2D eigenvalue weighted by Gasteiger charge is -2.28. The molecule has 1 saturated heterocycles. The molecule has 4 rings (SSSR count). The van der Waals surface area contributed by atoms with Crippen molar-refractivity contribution in [3.63, 3.8) is 0 Å². The van der Waals surface area contributed by atoms with Gasteiger partial charge < -0.3 is 19.9 Å². The molecule has 2 aromatic rings. The predicted octanol–water partition coefficient (Wildman–Crippen LogP) is 2.70. The molecule has 0 aliphatic carbocycles. The summed E-state index contributed by atoms with van der Waals surface area (Å²) in [5.74, 6) is 1.01. The molecule has 0 saturated carbocycles. The van der Waals surface area contributed by atoms with Gasteiger partial charge in [0.15, 0.2) is 0 Å². The molecule has 6 nitrogen and oxygen atoms in total. The SMILES string of the molecule is CCN(CC)CCNCc1ccc2c(c1)C(c1ccnc(N3CCOCC3)c1)=NC2. The van der Waals surface area contributed by atoms with Crippen molar-refractivity contribution in [2.24, 2.45) is 4.99 Å². The minimum atomic E-state index is 0.759. The Morgan fingerprint density at radius 3 is 2.73 bits per heavy atom. The van der Waals surface area contributed by atoms with Crippen LogP contribution < -0.4 is 10.2 Å². The molecule has 0 radical (unpaired) electrons. The Bertz CT molecular complexity index is 872. The number of ether oxygens (including phenoxy) is 1. The number of likely N-dealkylation sites (N-methyl/N-ethyl adjacent to an activating group) is 1. The molecule has 1 aromatic heterocycles. The first-order valence-corrected chi connectivity index (χ1v) is 11.2. The molecule has 2 aliphatic heterocycles. The van der Waals surface area contributed by atoms with Crippen molar-refractivity contribution in [1.82, 2.24) is 15.2 Å². The summed E-state index contributed by atoms with van der Waals surface area (Å²) in [4.78, 5) is 14.2. The summed E-state index contributed by atoms with van der Waals surface area (Å²) in [6, 6.07) is 11.0. The standard InChI is InChI=1S/C24H33N5O/c1-3-28(4-2)10-9-25-17-19-5-6-21-18-27-24(22(21)15-19)20-7-8-26-23(16-20)29-11-13-30-14-12-29/h5-8,15-16,25H,3-4,9-14,17-18H2,1-2H3. The van der Waals surface area contributed by atoms with Crippen LogP contribution in [0.4, 0.5) is 5.82 Å². The molecule has 30 heavy (non-hydrogen) atoms. The Labute approximate surface area is 180 Å². The number of anilines is 1. The van der Waals surface area contributed by atoms with Crippen LogP contribution in [0.25, 0.3) is 0 Å². The Morgan fingerprint density at radius 2 is 1.93 bits per heavy atom. The monoisotopic (exact) mass is 407 g/mol. The second-order valence-corrected chi connectivity index (χ2v) is 7.86. The first-order chi connectivity index (χ1) is 14.8. The zero-order valence-electron chi connectivity index (χ0n) is 18.2. The van der Waals surface area contributed by atoms with E-state index in [9.17, 15) is 0 Å². The Balaban J connectivity index is 1.44. The Hall–Kier alpha value is -2.28. The van der Waals surface area contributed by atoms with Crippen molar-refractivity contribution >= 4 is 11.5 Å². The summed E-state index contributed by atoms with van der Waals surface area (Å²) in [6.45, 7) is 13.7. The first-order valence-electron chi connectivity index (χ1n) is 11.2. The van der Waals surface area contributed by atoms with Crippen LogP contribution in [0.5, 0.6) is 0 Å².